The molecule has 5 nitrogen and oxygen atoms in total. The Balaban J connectivity index is 1.30. The minimum atomic E-state index is 0.543. The molecule has 0 saturated carbocycles. The van der Waals surface area contributed by atoms with Crippen molar-refractivity contribution < 1.29 is 4.42 Å². The zero-order valence-electron chi connectivity index (χ0n) is 18.0. The second-order valence-corrected chi connectivity index (χ2v) is 8.57. The smallest absolute Gasteiger partial charge is 0.248 e. The average Bonchev–Trinajstić information content (AvgIpc) is 3.32. The number of aryl methyl sites for hydroxylation is 1. The van der Waals surface area contributed by atoms with Gasteiger partial charge in [-0.3, -0.25) is 4.90 Å². The standard InChI is InChI=1S/C26H25ClN4O/c1-19-11-12-22(27)17-24(19)31-15-13-30(14-16-31)18-21-9-5-6-10-23(21)26-29-28-25(32-26)20-7-3-2-4-8-20/h2-12,17H,13-16,18H2,1H3. The lowest BCUT2D eigenvalue weighted by Crippen LogP contribution is -2.46. The molecule has 0 atom stereocenters. The van der Waals surface area contributed by atoms with Crippen LogP contribution in [0.15, 0.2) is 77.2 Å². The highest BCUT2D eigenvalue weighted by Gasteiger charge is 2.21. The molecule has 1 fully saturated rings. The molecule has 0 N–H and O–H groups in total. The lowest BCUT2D eigenvalue weighted by atomic mass is 10.1. The molecule has 3 aromatic carbocycles. The van der Waals surface area contributed by atoms with E-state index in [9.17, 15) is 0 Å². The lowest BCUT2D eigenvalue weighted by molar-refractivity contribution is 0.250. The Morgan fingerprint density at radius 2 is 1.56 bits per heavy atom. The van der Waals surface area contributed by atoms with Crippen LogP contribution in [0.25, 0.3) is 22.9 Å². The monoisotopic (exact) mass is 444 g/mol. The highest BCUT2D eigenvalue weighted by molar-refractivity contribution is 6.30. The van der Waals surface area contributed by atoms with Crippen LogP contribution in [0.1, 0.15) is 11.1 Å². The van der Waals surface area contributed by atoms with E-state index in [4.69, 9.17) is 16.0 Å². The van der Waals surface area contributed by atoms with Crippen LogP contribution in [0.3, 0.4) is 0 Å². The molecule has 4 aromatic rings. The highest BCUT2D eigenvalue weighted by Crippen LogP contribution is 2.29. The molecular formula is C26H25ClN4O. The number of hydrogen-bond donors (Lipinski definition) is 0. The van der Waals surface area contributed by atoms with Crippen molar-refractivity contribution in [2.75, 3.05) is 31.1 Å². The van der Waals surface area contributed by atoms with Crippen molar-refractivity contribution in [3.8, 4) is 22.9 Å². The summed E-state index contributed by atoms with van der Waals surface area (Å²) in [5.41, 5.74) is 5.62. The number of halogens is 1. The maximum absolute atomic E-state index is 6.23. The van der Waals surface area contributed by atoms with E-state index < -0.39 is 0 Å². The third-order valence-electron chi connectivity index (χ3n) is 5.97. The summed E-state index contributed by atoms with van der Waals surface area (Å²) < 4.78 is 6.02. The molecule has 0 amide bonds. The first-order valence-corrected chi connectivity index (χ1v) is 11.3. The van der Waals surface area contributed by atoms with E-state index >= 15 is 0 Å². The van der Waals surface area contributed by atoms with Gasteiger partial charge in [0.1, 0.15) is 0 Å². The lowest BCUT2D eigenvalue weighted by Gasteiger charge is -2.37. The molecule has 0 radical (unpaired) electrons. The Labute approximate surface area is 193 Å². The van der Waals surface area contributed by atoms with Gasteiger partial charge in [0.05, 0.1) is 0 Å². The minimum Gasteiger partial charge on any atom is -0.416 e. The molecule has 0 aliphatic carbocycles. The average molecular weight is 445 g/mol. The topological polar surface area (TPSA) is 45.4 Å². The van der Waals surface area contributed by atoms with Gasteiger partial charge in [0.25, 0.3) is 0 Å². The van der Waals surface area contributed by atoms with E-state index in [0.717, 1.165) is 48.9 Å². The predicted octanol–water partition coefficient (Wildman–Crippen LogP) is 5.69. The molecule has 0 unspecified atom stereocenters. The molecular weight excluding hydrogens is 420 g/mol. The Morgan fingerprint density at radius 1 is 0.844 bits per heavy atom. The highest BCUT2D eigenvalue weighted by atomic mass is 35.5. The molecule has 0 spiro atoms. The van der Waals surface area contributed by atoms with Gasteiger partial charge in [-0.2, -0.15) is 0 Å². The minimum absolute atomic E-state index is 0.543. The number of piperazine rings is 1. The molecule has 1 aliphatic rings. The van der Waals surface area contributed by atoms with Crippen molar-refractivity contribution in [1.82, 2.24) is 15.1 Å². The van der Waals surface area contributed by atoms with Crippen molar-refractivity contribution in [1.29, 1.82) is 0 Å². The van der Waals surface area contributed by atoms with Crippen molar-refractivity contribution in [3.05, 3.63) is 88.9 Å². The largest absolute Gasteiger partial charge is 0.416 e. The van der Waals surface area contributed by atoms with Gasteiger partial charge >= 0.3 is 0 Å². The van der Waals surface area contributed by atoms with Crippen LogP contribution in [-0.2, 0) is 6.54 Å². The molecule has 32 heavy (non-hydrogen) atoms. The number of rotatable bonds is 5. The number of aromatic nitrogens is 2. The second-order valence-electron chi connectivity index (χ2n) is 8.13. The first-order valence-electron chi connectivity index (χ1n) is 10.9. The molecule has 6 heteroatoms. The van der Waals surface area contributed by atoms with Gasteiger partial charge in [-0.1, -0.05) is 54.1 Å². The summed E-state index contributed by atoms with van der Waals surface area (Å²) in [6.45, 7) is 6.91. The molecule has 1 aromatic heterocycles. The fraction of sp³-hybridized carbons (Fsp3) is 0.231. The Kier molecular flexibility index (Phi) is 5.93. The van der Waals surface area contributed by atoms with E-state index in [-0.39, 0.29) is 0 Å². The number of anilines is 1. The molecule has 2 heterocycles. The van der Waals surface area contributed by atoms with Crippen molar-refractivity contribution >= 4 is 17.3 Å². The van der Waals surface area contributed by atoms with Crippen LogP contribution < -0.4 is 4.90 Å². The predicted molar refractivity (Wildman–Crippen MR) is 129 cm³/mol. The van der Waals surface area contributed by atoms with Crippen molar-refractivity contribution in [3.63, 3.8) is 0 Å². The third-order valence-corrected chi connectivity index (χ3v) is 6.21. The van der Waals surface area contributed by atoms with Gasteiger partial charge in [0.2, 0.25) is 11.8 Å². The number of nitrogens with zero attached hydrogens (tertiary/aromatic N) is 4. The van der Waals surface area contributed by atoms with Crippen LogP contribution in [0.2, 0.25) is 5.02 Å². The van der Waals surface area contributed by atoms with E-state index in [2.05, 4.69) is 57.3 Å². The van der Waals surface area contributed by atoms with Gasteiger partial charge in [0.15, 0.2) is 0 Å². The van der Waals surface area contributed by atoms with Gasteiger partial charge in [-0.25, -0.2) is 0 Å². The van der Waals surface area contributed by atoms with Crippen LogP contribution in [-0.4, -0.2) is 41.3 Å². The Bertz CT molecular complexity index is 1200. The zero-order valence-corrected chi connectivity index (χ0v) is 18.8. The van der Waals surface area contributed by atoms with Crippen LogP contribution in [0.5, 0.6) is 0 Å². The summed E-state index contributed by atoms with van der Waals surface area (Å²) in [5.74, 6) is 1.11. The first kappa shape index (κ1) is 20.7. The Morgan fingerprint density at radius 3 is 2.38 bits per heavy atom. The van der Waals surface area contributed by atoms with E-state index in [1.807, 2.05) is 42.5 Å². The normalized spacial score (nSPS) is 14.6. The van der Waals surface area contributed by atoms with Crippen LogP contribution in [0.4, 0.5) is 5.69 Å². The second kappa shape index (κ2) is 9.15. The van der Waals surface area contributed by atoms with Gasteiger partial charge in [0, 0.05) is 54.6 Å². The first-order chi connectivity index (χ1) is 15.7. The fourth-order valence-corrected chi connectivity index (χ4v) is 4.37. The van der Waals surface area contributed by atoms with Crippen LogP contribution in [0, 0.1) is 6.92 Å². The van der Waals surface area contributed by atoms with E-state index in [0.29, 0.717) is 11.8 Å². The van der Waals surface area contributed by atoms with Gasteiger partial charge in [-0.15, -0.1) is 10.2 Å². The van der Waals surface area contributed by atoms with E-state index in [1.165, 1.54) is 16.8 Å². The maximum atomic E-state index is 6.23. The van der Waals surface area contributed by atoms with E-state index in [1.54, 1.807) is 0 Å². The van der Waals surface area contributed by atoms with Crippen molar-refractivity contribution in [2.24, 2.45) is 0 Å². The summed E-state index contributed by atoms with van der Waals surface area (Å²) in [4.78, 5) is 4.90. The van der Waals surface area contributed by atoms with Crippen LogP contribution >= 0.6 is 11.6 Å². The SMILES string of the molecule is Cc1ccc(Cl)cc1N1CCN(Cc2ccccc2-c2nnc(-c3ccccc3)o2)CC1. The quantitative estimate of drug-likeness (QED) is 0.396. The van der Waals surface area contributed by atoms with Crippen molar-refractivity contribution in [2.45, 2.75) is 13.5 Å². The fourth-order valence-electron chi connectivity index (χ4n) is 4.21. The summed E-state index contributed by atoms with van der Waals surface area (Å²) in [7, 11) is 0. The molecule has 1 aliphatic heterocycles. The zero-order chi connectivity index (χ0) is 21.9. The van der Waals surface area contributed by atoms with Gasteiger partial charge < -0.3 is 9.32 Å². The third kappa shape index (κ3) is 4.40. The Hall–Kier alpha value is -3.15. The summed E-state index contributed by atoms with van der Waals surface area (Å²) in [6.07, 6.45) is 0. The summed E-state index contributed by atoms with van der Waals surface area (Å²) in [6, 6.07) is 24.3. The van der Waals surface area contributed by atoms with Gasteiger partial charge in [-0.05, 0) is 48.4 Å². The molecule has 0 bridgehead atoms. The summed E-state index contributed by atoms with van der Waals surface area (Å²) in [5, 5.41) is 9.38. The maximum Gasteiger partial charge on any atom is 0.248 e. The molecule has 162 valence electrons. The molecule has 5 rings (SSSR count). The number of benzene rings is 3. The summed E-state index contributed by atoms with van der Waals surface area (Å²) >= 11 is 6.23. The number of hydrogen-bond acceptors (Lipinski definition) is 5. The molecule has 1 saturated heterocycles.